The molecule has 1 heterocycles. The molecule has 0 saturated carbocycles. The molecule has 0 radical (unpaired) electrons. The maximum atomic E-state index is 10.5. The molecule has 1 N–H and O–H groups in total. The summed E-state index contributed by atoms with van der Waals surface area (Å²) in [5, 5.41) is 8.17. The monoisotopic (exact) mass is 154 g/mol. The van der Waals surface area contributed by atoms with Gasteiger partial charge in [-0.15, -0.1) is 0 Å². The van der Waals surface area contributed by atoms with Gasteiger partial charge in [-0.25, -0.2) is 4.79 Å². The largest absolute Gasteiger partial charge is 0.475 e. The van der Waals surface area contributed by atoms with Crippen LogP contribution in [0.4, 0.5) is 0 Å². The fourth-order valence-electron chi connectivity index (χ4n) is 0.649. The van der Waals surface area contributed by atoms with Crippen molar-refractivity contribution in [2.75, 3.05) is 0 Å². The Morgan fingerprint density at radius 2 is 2.36 bits per heavy atom. The number of allylic oxidation sites excluding steroid dienone is 1. The molecule has 0 aliphatic carbocycles. The number of hydrogen-bond acceptors (Lipinski definition) is 3. The van der Waals surface area contributed by atoms with Crippen molar-refractivity contribution in [3.63, 3.8) is 0 Å². The van der Waals surface area contributed by atoms with Crippen molar-refractivity contribution < 1.29 is 19.4 Å². The molecule has 0 aromatic rings. The summed E-state index contributed by atoms with van der Waals surface area (Å²) in [5.41, 5.74) is 0. The van der Waals surface area contributed by atoms with Crippen LogP contribution in [0.1, 0.15) is 6.42 Å². The lowest BCUT2D eigenvalue weighted by molar-refractivity contribution is -0.146. The summed E-state index contributed by atoms with van der Waals surface area (Å²) in [6.07, 6.45) is 4.57. The molecule has 4 nitrogen and oxygen atoms in total. The molecule has 0 spiro atoms. The van der Waals surface area contributed by atoms with Gasteiger partial charge in [-0.1, -0.05) is 0 Å². The molecule has 0 unspecified atom stereocenters. The molecular weight excluding hydrogens is 148 g/mol. The van der Waals surface area contributed by atoms with Gasteiger partial charge in [0.15, 0.2) is 0 Å². The normalized spacial score (nSPS) is 18.4. The first-order chi connectivity index (χ1) is 5.20. The molecule has 0 saturated heterocycles. The van der Waals surface area contributed by atoms with Crippen LogP contribution in [0.25, 0.3) is 0 Å². The van der Waals surface area contributed by atoms with Gasteiger partial charge in [0, 0.05) is 12.5 Å². The van der Waals surface area contributed by atoms with E-state index in [1.807, 2.05) is 0 Å². The van der Waals surface area contributed by atoms with E-state index in [1.165, 1.54) is 6.26 Å². The summed E-state index contributed by atoms with van der Waals surface area (Å²) >= 11 is 0. The van der Waals surface area contributed by atoms with Gasteiger partial charge in [-0.3, -0.25) is 4.79 Å². The van der Waals surface area contributed by atoms with Crippen LogP contribution in [0.5, 0.6) is 0 Å². The highest BCUT2D eigenvalue weighted by Gasteiger charge is 2.11. The average molecular weight is 154 g/mol. The molecule has 0 fully saturated rings. The van der Waals surface area contributed by atoms with E-state index in [-0.39, 0.29) is 0 Å². The zero-order valence-electron chi connectivity index (χ0n) is 5.61. The Hall–Kier alpha value is -1.58. The number of rotatable bonds is 2. The van der Waals surface area contributed by atoms with E-state index in [1.54, 1.807) is 6.08 Å². The summed E-state index contributed by atoms with van der Waals surface area (Å²) < 4.78 is 4.77. The molecule has 4 heteroatoms. The molecule has 1 rings (SSSR count). The fraction of sp³-hybridized carbons (Fsp3) is 0.143. The lowest BCUT2D eigenvalue weighted by Gasteiger charge is -1.93. The van der Waals surface area contributed by atoms with Gasteiger partial charge >= 0.3 is 5.97 Å². The lowest BCUT2D eigenvalue weighted by Crippen LogP contribution is -2.09. The Bertz CT molecular complexity index is 239. The predicted molar refractivity (Wildman–Crippen MR) is 35.6 cm³/mol. The van der Waals surface area contributed by atoms with Crippen LogP contribution in [0.15, 0.2) is 24.2 Å². The van der Waals surface area contributed by atoms with E-state index in [2.05, 4.69) is 0 Å². The van der Waals surface area contributed by atoms with Crippen LogP contribution >= 0.6 is 0 Å². The Morgan fingerprint density at radius 1 is 1.64 bits per heavy atom. The first kappa shape index (κ1) is 7.53. The molecule has 0 aromatic carbocycles. The summed E-state index contributed by atoms with van der Waals surface area (Å²) in [7, 11) is 0. The van der Waals surface area contributed by atoms with Crippen molar-refractivity contribution in [3.05, 3.63) is 24.2 Å². The minimum absolute atomic E-state index is 0.373. The molecule has 1 aliphatic heterocycles. The van der Waals surface area contributed by atoms with Crippen LogP contribution in [0.3, 0.4) is 0 Å². The zero-order valence-corrected chi connectivity index (χ0v) is 5.61. The molecule has 0 atom stereocenters. The highest BCUT2D eigenvalue weighted by molar-refractivity contribution is 6.37. The van der Waals surface area contributed by atoms with Crippen LogP contribution in [0.2, 0.25) is 0 Å². The van der Waals surface area contributed by atoms with E-state index in [4.69, 9.17) is 9.84 Å². The summed E-state index contributed by atoms with van der Waals surface area (Å²) in [6, 6.07) is 0. The van der Waals surface area contributed by atoms with Gasteiger partial charge in [0.05, 0.1) is 6.26 Å². The van der Waals surface area contributed by atoms with Gasteiger partial charge in [-0.2, -0.15) is 0 Å². The Balaban J connectivity index is 2.59. The van der Waals surface area contributed by atoms with Gasteiger partial charge in [0.25, 0.3) is 5.78 Å². The van der Waals surface area contributed by atoms with Crippen molar-refractivity contribution in [1.82, 2.24) is 0 Å². The first-order valence-electron chi connectivity index (χ1n) is 2.99. The van der Waals surface area contributed by atoms with Crippen LogP contribution in [0, 0.1) is 0 Å². The van der Waals surface area contributed by atoms with Gasteiger partial charge < -0.3 is 9.84 Å². The van der Waals surface area contributed by atoms with E-state index in [0.29, 0.717) is 12.2 Å². The lowest BCUT2D eigenvalue weighted by atomic mass is 10.3. The molecule has 1 aliphatic rings. The van der Waals surface area contributed by atoms with Gasteiger partial charge in [0.2, 0.25) is 0 Å². The molecule has 0 bridgehead atoms. The molecule has 0 amide bonds. The number of hydrogen-bond donors (Lipinski definition) is 1. The number of carbonyl (C=O) groups is 2. The number of ether oxygens (including phenoxy) is 1. The minimum Gasteiger partial charge on any atom is -0.475 e. The van der Waals surface area contributed by atoms with Crippen molar-refractivity contribution in [2.45, 2.75) is 6.42 Å². The van der Waals surface area contributed by atoms with Crippen LogP contribution < -0.4 is 0 Å². The Labute approximate surface area is 62.8 Å². The maximum absolute atomic E-state index is 10.5. The Morgan fingerprint density at radius 3 is 2.82 bits per heavy atom. The third-order valence-corrected chi connectivity index (χ3v) is 1.14. The number of carbonyl (C=O) groups excluding carboxylic acids is 1. The van der Waals surface area contributed by atoms with Crippen molar-refractivity contribution in [2.24, 2.45) is 0 Å². The second-order valence-electron chi connectivity index (χ2n) is 1.97. The van der Waals surface area contributed by atoms with E-state index in [0.717, 1.165) is 6.08 Å². The zero-order chi connectivity index (χ0) is 8.27. The van der Waals surface area contributed by atoms with Crippen LogP contribution in [-0.2, 0) is 14.3 Å². The average Bonchev–Trinajstić information content (AvgIpc) is 2.39. The molecule has 11 heavy (non-hydrogen) atoms. The quantitative estimate of drug-likeness (QED) is 0.463. The first-order valence-corrected chi connectivity index (χ1v) is 2.99. The maximum Gasteiger partial charge on any atom is 0.376 e. The van der Waals surface area contributed by atoms with E-state index in [9.17, 15) is 9.59 Å². The predicted octanol–water partition coefficient (Wildman–Crippen LogP) is 0.458. The van der Waals surface area contributed by atoms with Gasteiger partial charge in [-0.05, 0) is 6.08 Å². The van der Waals surface area contributed by atoms with Gasteiger partial charge in [0.1, 0.15) is 5.76 Å². The highest BCUT2D eigenvalue weighted by atomic mass is 16.5. The number of carboxylic acids is 1. The number of aliphatic carboxylic acids is 1. The summed E-state index contributed by atoms with van der Waals surface area (Å²) in [6.45, 7) is 0. The molecule has 0 aromatic heterocycles. The summed E-state index contributed by atoms with van der Waals surface area (Å²) in [4.78, 5) is 20.5. The number of ketones is 1. The van der Waals surface area contributed by atoms with Crippen molar-refractivity contribution in [1.29, 1.82) is 0 Å². The third-order valence-electron chi connectivity index (χ3n) is 1.14. The fourth-order valence-corrected chi connectivity index (χ4v) is 0.649. The SMILES string of the molecule is O=C(O)C(=O)C=C1CC=CO1. The minimum atomic E-state index is -1.46. The number of carboxylic acid groups (broad SMARTS) is 1. The van der Waals surface area contributed by atoms with E-state index < -0.39 is 11.8 Å². The van der Waals surface area contributed by atoms with Crippen molar-refractivity contribution in [3.8, 4) is 0 Å². The molecular formula is C7H6O4. The standard InChI is InChI=1S/C7H6O4/c8-6(7(9)10)4-5-2-1-3-11-5/h1,3-4H,2H2,(H,9,10). The molecule has 58 valence electrons. The van der Waals surface area contributed by atoms with Crippen molar-refractivity contribution >= 4 is 11.8 Å². The van der Waals surface area contributed by atoms with Crippen LogP contribution in [-0.4, -0.2) is 16.9 Å². The smallest absolute Gasteiger partial charge is 0.376 e. The summed E-state index contributed by atoms with van der Waals surface area (Å²) in [5.74, 6) is -2.05. The second-order valence-corrected chi connectivity index (χ2v) is 1.97. The second kappa shape index (κ2) is 3.01. The Kier molecular flexibility index (Phi) is 2.06. The van der Waals surface area contributed by atoms with E-state index >= 15 is 0 Å². The highest BCUT2D eigenvalue weighted by Crippen LogP contribution is 2.12. The third kappa shape index (κ3) is 1.93. The topological polar surface area (TPSA) is 63.6 Å².